The molecule has 2 bridgehead atoms. The third-order valence-electron chi connectivity index (χ3n) is 3.43. The second kappa shape index (κ2) is 5.08. The van der Waals surface area contributed by atoms with Crippen LogP contribution in [0.4, 0.5) is 0 Å². The first kappa shape index (κ1) is 9.63. The Kier molecular flexibility index (Phi) is 3.50. The van der Waals surface area contributed by atoms with Gasteiger partial charge in [0.1, 0.15) is 0 Å². The van der Waals surface area contributed by atoms with Crippen LogP contribution in [0.2, 0.25) is 0 Å². The Hall–Kier alpha value is -0.920. The van der Waals surface area contributed by atoms with Crippen LogP contribution in [0, 0.1) is 11.8 Å². The van der Waals surface area contributed by atoms with Gasteiger partial charge >= 0.3 is 0 Å². The smallest absolute Gasteiger partial charge is 0.0451 e. The van der Waals surface area contributed by atoms with Crippen LogP contribution in [0.25, 0.3) is 0 Å². The molecule has 3 aliphatic rings. The molecule has 1 aromatic heterocycles. The lowest BCUT2D eigenvalue weighted by Gasteiger charge is -2.35. The highest BCUT2D eigenvalue weighted by Gasteiger charge is 2.26. The molecule has 0 atom stereocenters. The van der Waals surface area contributed by atoms with Crippen LogP contribution in [0.3, 0.4) is 0 Å². The van der Waals surface area contributed by atoms with Gasteiger partial charge in [0.05, 0.1) is 0 Å². The van der Waals surface area contributed by atoms with Crippen LogP contribution >= 0.6 is 0 Å². The predicted molar refractivity (Wildman–Crippen MR) is 56.7 cm³/mol. The average Bonchev–Trinajstić information content (AvgIpc) is 2.35. The van der Waals surface area contributed by atoms with E-state index in [1.165, 1.54) is 0 Å². The van der Waals surface area contributed by atoms with Crippen molar-refractivity contribution in [3.8, 4) is 0 Å². The number of nitrogens with zero attached hydrogens (tertiary/aromatic N) is 2. The summed E-state index contributed by atoms with van der Waals surface area (Å²) < 4.78 is 0. The van der Waals surface area contributed by atoms with Crippen molar-refractivity contribution in [1.82, 2.24) is 9.97 Å². The summed E-state index contributed by atoms with van der Waals surface area (Å²) in [5.74, 6) is 2.31. The summed E-state index contributed by atoms with van der Waals surface area (Å²) in [5, 5.41) is 0. The van der Waals surface area contributed by atoms with E-state index in [-0.39, 0.29) is 0 Å². The van der Waals surface area contributed by atoms with E-state index in [0.29, 0.717) is 0 Å². The molecule has 14 heavy (non-hydrogen) atoms. The molecule has 0 N–H and O–H groups in total. The van der Waals surface area contributed by atoms with Gasteiger partial charge in [-0.05, 0) is 11.8 Å². The minimum absolute atomic E-state index is 1.15. The summed E-state index contributed by atoms with van der Waals surface area (Å²) in [5.41, 5.74) is 0. The molecule has 2 nitrogen and oxygen atoms in total. The molecule has 1 aromatic rings. The first-order valence-electron chi connectivity index (χ1n) is 5.65. The molecular formula is C12H18N2. The van der Waals surface area contributed by atoms with Gasteiger partial charge in [0.2, 0.25) is 0 Å². The minimum Gasteiger partial charge on any atom is -0.262 e. The van der Waals surface area contributed by atoms with Gasteiger partial charge in [-0.15, -0.1) is 0 Å². The number of aromatic nitrogens is 2. The topological polar surface area (TPSA) is 25.8 Å². The Balaban J connectivity index is 0.000000112. The second-order valence-electron chi connectivity index (χ2n) is 4.36. The zero-order chi connectivity index (χ0) is 9.64. The third-order valence-corrected chi connectivity index (χ3v) is 3.43. The van der Waals surface area contributed by atoms with Crippen LogP contribution in [-0.2, 0) is 0 Å². The third kappa shape index (κ3) is 2.79. The SMILES string of the molecule is C1CC2CCC1CC2.c1cnccn1. The molecule has 0 spiro atoms. The lowest BCUT2D eigenvalue weighted by molar-refractivity contribution is 0.176. The van der Waals surface area contributed by atoms with Crippen molar-refractivity contribution < 1.29 is 0 Å². The maximum Gasteiger partial charge on any atom is 0.0451 e. The quantitative estimate of drug-likeness (QED) is 0.628. The van der Waals surface area contributed by atoms with E-state index >= 15 is 0 Å². The molecule has 0 aliphatic heterocycles. The van der Waals surface area contributed by atoms with Crippen LogP contribution in [0.15, 0.2) is 24.8 Å². The van der Waals surface area contributed by atoms with Gasteiger partial charge < -0.3 is 0 Å². The molecule has 4 rings (SSSR count). The maximum atomic E-state index is 3.72. The molecule has 1 heterocycles. The van der Waals surface area contributed by atoms with E-state index in [1.807, 2.05) is 0 Å². The Morgan fingerprint density at radius 1 is 0.571 bits per heavy atom. The second-order valence-corrected chi connectivity index (χ2v) is 4.36. The van der Waals surface area contributed by atoms with Gasteiger partial charge in [-0.1, -0.05) is 38.5 Å². The van der Waals surface area contributed by atoms with E-state index < -0.39 is 0 Å². The largest absolute Gasteiger partial charge is 0.262 e. The zero-order valence-corrected chi connectivity index (χ0v) is 8.60. The summed E-state index contributed by atoms with van der Waals surface area (Å²) in [6, 6.07) is 0. The highest BCUT2D eigenvalue weighted by molar-refractivity contribution is 4.79. The van der Waals surface area contributed by atoms with Gasteiger partial charge in [-0.3, -0.25) is 9.97 Å². The fourth-order valence-electron chi connectivity index (χ4n) is 2.53. The summed E-state index contributed by atoms with van der Waals surface area (Å²) in [7, 11) is 0. The van der Waals surface area contributed by atoms with Crippen molar-refractivity contribution >= 4 is 0 Å². The molecular weight excluding hydrogens is 172 g/mol. The first-order valence-corrected chi connectivity index (χ1v) is 5.65. The molecule has 3 fully saturated rings. The van der Waals surface area contributed by atoms with Crippen LogP contribution in [0.1, 0.15) is 38.5 Å². The fraction of sp³-hybridized carbons (Fsp3) is 0.667. The van der Waals surface area contributed by atoms with Crippen molar-refractivity contribution in [3.63, 3.8) is 0 Å². The van der Waals surface area contributed by atoms with Gasteiger partial charge in [0.25, 0.3) is 0 Å². The Morgan fingerprint density at radius 2 is 0.857 bits per heavy atom. The standard InChI is InChI=1S/C8H14.C4H4N2/c1-2-8-5-3-7(1)4-6-8;1-2-6-4-3-5-1/h7-8H,1-6H2;1-4H. The maximum absolute atomic E-state index is 3.72. The molecule has 0 amide bonds. The van der Waals surface area contributed by atoms with Crippen LogP contribution in [-0.4, -0.2) is 9.97 Å². The Bertz CT molecular complexity index is 190. The lowest BCUT2D eigenvalue weighted by atomic mass is 9.71. The number of hydrogen-bond donors (Lipinski definition) is 0. The molecule has 0 radical (unpaired) electrons. The molecule has 3 saturated carbocycles. The lowest BCUT2D eigenvalue weighted by Crippen LogP contribution is -2.21. The van der Waals surface area contributed by atoms with Crippen LogP contribution < -0.4 is 0 Å². The average molecular weight is 190 g/mol. The summed E-state index contributed by atoms with van der Waals surface area (Å²) in [6.07, 6.45) is 15.9. The van der Waals surface area contributed by atoms with E-state index in [4.69, 9.17) is 0 Å². The van der Waals surface area contributed by atoms with Crippen molar-refractivity contribution in [1.29, 1.82) is 0 Å². The Labute approximate surface area is 85.8 Å². The molecule has 76 valence electrons. The summed E-state index contributed by atoms with van der Waals surface area (Å²) in [4.78, 5) is 7.44. The van der Waals surface area contributed by atoms with Crippen molar-refractivity contribution in [2.24, 2.45) is 11.8 Å². The molecule has 2 heteroatoms. The molecule has 0 unspecified atom stereocenters. The van der Waals surface area contributed by atoms with E-state index in [1.54, 1.807) is 63.3 Å². The highest BCUT2D eigenvalue weighted by atomic mass is 14.7. The minimum atomic E-state index is 1.15. The fourth-order valence-corrected chi connectivity index (χ4v) is 2.53. The van der Waals surface area contributed by atoms with Crippen molar-refractivity contribution in [2.45, 2.75) is 38.5 Å². The summed E-state index contributed by atoms with van der Waals surface area (Å²) in [6.45, 7) is 0. The van der Waals surface area contributed by atoms with Crippen molar-refractivity contribution in [2.75, 3.05) is 0 Å². The normalized spacial score (nSPS) is 29.1. The van der Waals surface area contributed by atoms with Gasteiger partial charge in [-0.25, -0.2) is 0 Å². The molecule has 0 saturated heterocycles. The molecule has 3 aliphatic carbocycles. The summed E-state index contributed by atoms with van der Waals surface area (Å²) >= 11 is 0. The number of hydrogen-bond acceptors (Lipinski definition) is 2. The number of fused-ring (bicyclic) bond motifs is 3. The van der Waals surface area contributed by atoms with E-state index in [2.05, 4.69) is 9.97 Å². The van der Waals surface area contributed by atoms with E-state index in [0.717, 1.165) is 11.8 Å². The molecule has 0 aromatic carbocycles. The highest BCUT2D eigenvalue weighted by Crippen LogP contribution is 2.40. The Morgan fingerprint density at radius 3 is 1.00 bits per heavy atom. The van der Waals surface area contributed by atoms with Gasteiger partial charge in [0, 0.05) is 24.8 Å². The number of rotatable bonds is 0. The predicted octanol–water partition coefficient (Wildman–Crippen LogP) is 3.06. The van der Waals surface area contributed by atoms with Crippen LogP contribution in [0.5, 0.6) is 0 Å². The first-order chi connectivity index (χ1) is 6.95. The van der Waals surface area contributed by atoms with Crippen molar-refractivity contribution in [3.05, 3.63) is 24.8 Å². The van der Waals surface area contributed by atoms with Gasteiger partial charge in [0.15, 0.2) is 0 Å². The van der Waals surface area contributed by atoms with Gasteiger partial charge in [-0.2, -0.15) is 0 Å². The monoisotopic (exact) mass is 190 g/mol. The zero-order valence-electron chi connectivity index (χ0n) is 8.60. The van der Waals surface area contributed by atoms with E-state index in [9.17, 15) is 0 Å².